The summed E-state index contributed by atoms with van der Waals surface area (Å²) in [5, 5.41) is 14.7. The van der Waals surface area contributed by atoms with Gasteiger partial charge < -0.3 is 24.8 Å². The number of carboxylic acid groups (broad SMARTS) is 1. The number of nitrogens with zero attached hydrogens (tertiary/aromatic N) is 3. The summed E-state index contributed by atoms with van der Waals surface area (Å²) in [4.78, 5) is 65.4. The van der Waals surface area contributed by atoms with Crippen LogP contribution in [-0.4, -0.2) is 101 Å². The lowest BCUT2D eigenvalue weighted by Gasteiger charge is -2.40. The highest BCUT2D eigenvalue weighted by molar-refractivity contribution is 7.91. The molecule has 3 heterocycles. The van der Waals surface area contributed by atoms with Gasteiger partial charge in [-0.2, -0.15) is 0 Å². The largest absolute Gasteiger partial charge is 0.497 e. The van der Waals surface area contributed by atoms with Crippen molar-refractivity contribution in [2.75, 3.05) is 13.7 Å². The third-order valence-corrected chi connectivity index (χ3v) is 15.9. The molecule has 5 fully saturated rings. The third-order valence-electron chi connectivity index (χ3n) is 14.1. The van der Waals surface area contributed by atoms with E-state index in [1.165, 1.54) is 9.80 Å². The first-order valence-corrected chi connectivity index (χ1v) is 23.4. The van der Waals surface area contributed by atoms with Gasteiger partial charge in [-0.1, -0.05) is 56.3 Å². The van der Waals surface area contributed by atoms with Crippen LogP contribution in [0.3, 0.4) is 0 Å². The fourth-order valence-corrected chi connectivity index (χ4v) is 11.8. The molecule has 0 spiro atoms. The van der Waals surface area contributed by atoms with Crippen molar-refractivity contribution in [3.05, 3.63) is 66.7 Å². The molecule has 2 unspecified atom stereocenters. The minimum absolute atomic E-state index is 0.0171. The zero-order valence-corrected chi connectivity index (χ0v) is 35.7. The molecule has 10 atom stereocenters. The van der Waals surface area contributed by atoms with Crippen LogP contribution in [0.15, 0.2) is 66.7 Å². The van der Waals surface area contributed by atoms with Gasteiger partial charge in [-0.05, 0) is 111 Å². The Morgan fingerprint density at radius 2 is 1.74 bits per heavy atom. The number of benzene rings is 2. The number of rotatable bonds is 9. The number of carbonyl (C=O) groups is 4. The third kappa shape index (κ3) is 8.17. The number of nitrogens with one attached hydrogen (secondary N) is 2. The number of carbonyl (C=O) groups excluding carboxylic acids is 3. The van der Waals surface area contributed by atoms with Gasteiger partial charge in [0.2, 0.25) is 27.7 Å². The minimum atomic E-state index is -3.93. The van der Waals surface area contributed by atoms with Crippen molar-refractivity contribution in [1.82, 2.24) is 24.8 Å². The molecule has 4 amide bonds. The molecular formula is C46H55N5O9S. The molecule has 0 bridgehead atoms. The number of ether oxygens (including phenoxy) is 2. The Balaban J connectivity index is 1.09. The van der Waals surface area contributed by atoms with Crippen molar-refractivity contribution in [2.24, 2.45) is 29.6 Å². The molecule has 6 aliphatic rings. The quantitative estimate of drug-likeness (QED) is 0.219. The van der Waals surface area contributed by atoms with Crippen molar-refractivity contribution < 1.29 is 42.2 Å². The monoisotopic (exact) mass is 853 g/mol. The lowest BCUT2D eigenvalue weighted by atomic mass is 9.86. The summed E-state index contributed by atoms with van der Waals surface area (Å²) in [6.45, 7) is 3.99. The van der Waals surface area contributed by atoms with Crippen LogP contribution in [0.4, 0.5) is 4.79 Å². The van der Waals surface area contributed by atoms with E-state index < -0.39 is 68.7 Å². The maximum absolute atomic E-state index is 15.4. The van der Waals surface area contributed by atoms with Gasteiger partial charge in [0.05, 0.1) is 24.6 Å². The number of allylic oxidation sites excluding steroid dienone is 1. The molecule has 15 heteroatoms. The lowest BCUT2D eigenvalue weighted by molar-refractivity contribution is -0.145. The van der Waals surface area contributed by atoms with Crippen molar-refractivity contribution >= 4 is 44.6 Å². The molecule has 3 N–H and O–H groups in total. The smallest absolute Gasteiger partial charge is 0.408 e. The van der Waals surface area contributed by atoms with Gasteiger partial charge in [0.15, 0.2) is 0 Å². The summed E-state index contributed by atoms with van der Waals surface area (Å²) in [5.74, 6) is -0.762. The van der Waals surface area contributed by atoms with Crippen LogP contribution in [0.1, 0.15) is 78.1 Å². The number of sulfonamides is 1. The zero-order chi connectivity index (χ0) is 42.8. The predicted molar refractivity (Wildman–Crippen MR) is 227 cm³/mol. The number of hydrogen-bond donors (Lipinski definition) is 3. The Labute approximate surface area is 356 Å². The number of amides is 4. The molecule has 1 saturated heterocycles. The van der Waals surface area contributed by atoms with Gasteiger partial charge in [0.1, 0.15) is 29.5 Å². The summed E-state index contributed by atoms with van der Waals surface area (Å²) in [5.41, 5.74) is -0.0365. The second kappa shape index (κ2) is 15.9. The first-order valence-electron chi connectivity index (χ1n) is 21.8. The summed E-state index contributed by atoms with van der Waals surface area (Å²) in [7, 11) is -2.34. The molecule has 3 aromatic rings. The maximum Gasteiger partial charge on any atom is 0.408 e. The van der Waals surface area contributed by atoms with Gasteiger partial charge in [-0.3, -0.25) is 24.0 Å². The van der Waals surface area contributed by atoms with Gasteiger partial charge in [0, 0.05) is 29.3 Å². The van der Waals surface area contributed by atoms with Crippen LogP contribution in [0.5, 0.6) is 11.6 Å². The number of methoxy groups -OCH3 is 1. The summed E-state index contributed by atoms with van der Waals surface area (Å²) in [6.07, 6.45) is 7.57. The topological polar surface area (TPSA) is 185 Å². The second-order valence-corrected chi connectivity index (χ2v) is 20.5. The van der Waals surface area contributed by atoms with E-state index in [0.29, 0.717) is 73.1 Å². The Morgan fingerprint density at radius 1 is 0.984 bits per heavy atom. The average Bonchev–Trinajstić information content (AvgIpc) is 4.20. The zero-order valence-electron chi connectivity index (χ0n) is 34.9. The highest BCUT2D eigenvalue weighted by atomic mass is 32.2. The molecule has 0 radical (unpaired) electrons. The molecule has 2 aliphatic heterocycles. The second-order valence-electron chi connectivity index (χ2n) is 18.5. The Hall–Kier alpha value is -5.18. The molecule has 4 aliphatic carbocycles. The minimum Gasteiger partial charge on any atom is -0.497 e. The summed E-state index contributed by atoms with van der Waals surface area (Å²) < 4.78 is 40.6. The van der Waals surface area contributed by atoms with E-state index in [1.807, 2.05) is 73.7 Å². The number of pyridine rings is 1. The molecule has 4 saturated carbocycles. The Morgan fingerprint density at radius 3 is 2.44 bits per heavy atom. The van der Waals surface area contributed by atoms with E-state index in [-0.39, 0.29) is 37.3 Å². The summed E-state index contributed by atoms with van der Waals surface area (Å²) >= 11 is 0. The lowest BCUT2D eigenvalue weighted by Crippen LogP contribution is -2.61. The van der Waals surface area contributed by atoms with Crippen molar-refractivity contribution in [2.45, 2.75) is 113 Å². The van der Waals surface area contributed by atoms with Crippen molar-refractivity contribution in [3.63, 3.8) is 0 Å². The first kappa shape index (κ1) is 41.2. The molecule has 1 aromatic heterocycles. The van der Waals surface area contributed by atoms with E-state index in [9.17, 15) is 27.9 Å². The molecule has 324 valence electrons. The highest BCUT2D eigenvalue weighted by Crippen LogP contribution is 2.54. The van der Waals surface area contributed by atoms with E-state index in [2.05, 4.69) is 17.0 Å². The summed E-state index contributed by atoms with van der Waals surface area (Å²) in [6, 6.07) is 14.6. The standard InChI is InChI=1S/C46H55N5O9S/c1-26-9-7-8-12-32-24-46(32,44(54)49-61(57,58)36-14-15-36)48-41(52)39-23-35(25-50(39)43(53)40(27(2)17-26)51(45(55)56)33-19-29-18-30(29)20-33)60-42-37-16-13-34(59-3)21-31(37)22-38(47-42)28-10-5-4-6-11-28/h4-6,8,10-13,16,21-22,26-27,29-30,32-33,35-36,39-40H,7,9,14-15,17-20,23-25H2,1-3H3,(H,48,52)(H,49,54)(H,55,56)/b12-8-/t26-,27+,29-,30?,32+,33?,35+,39-,40-,46+/m0/s1. The fourth-order valence-electron chi connectivity index (χ4n) is 10.4. The van der Waals surface area contributed by atoms with Gasteiger partial charge in [0.25, 0.3) is 5.91 Å². The van der Waals surface area contributed by atoms with Crippen LogP contribution in [0, 0.1) is 29.6 Å². The predicted octanol–water partition coefficient (Wildman–Crippen LogP) is 5.90. The number of hydrogen-bond acceptors (Lipinski definition) is 9. The van der Waals surface area contributed by atoms with Crippen molar-refractivity contribution in [3.8, 4) is 22.9 Å². The number of aromatic nitrogens is 1. The molecule has 61 heavy (non-hydrogen) atoms. The fraction of sp³-hybridized carbons (Fsp3) is 0.543. The van der Waals surface area contributed by atoms with Crippen LogP contribution < -0.4 is 19.5 Å². The Bertz CT molecular complexity index is 2360. The van der Waals surface area contributed by atoms with E-state index in [1.54, 1.807) is 7.11 Å². The van der Waals surface area contributed by atoms with Crippen LogP contribution in [-0.2, 0) is 24.4 Å². The van der Waals surface area contributed by atoms with Crippen molar-refractivity contribution in [1.29, 1.82) is 0 Å². The average molecular weight is 854 g/mol. The van der Waals surface area contributed by atoms with Gasteiger partial charge in [-0.25, -0.2) is 18.2 Å². The van der Waals surface area contributed by atoms with Crippen LogP contribution in [0.25, 0.3) is 22.0 Å². The van der Waals surface area contributed by atoms with Gasteiger partial charge >= 0.3 is 6.09 Å². The van der Waals surface area contributed by atoms with Crippen LogP contribution >= 0.6 is 0 Å². The normalized spacial score (nSPS) is 32.9. The molecular weight excluding hydrogens is 799 g/mol. The molecule has 2 aromatic carbocycles. The van der Waals surface area contributed by atoms with E-state index in [4.69, 9.17) is 14.5 Å². The van der Waals surface area contributed by atoms with Crippen LogP contribution in [0.2, 0.25) is 0 Å². The molecule has 9 rings (SSSR count). The number of fused-ring (bicyclic) bond motifs is 4. The van der Waals surface area contributed by atoms with E-state index >= 15 is 4.79 Å². The highest BCUT2D eigenvalue weighted by Gasteiger charge is 2.62. The SMILES string of the molecule is COc1ccc2c(O[C@@H]3C[C@H]4C(=O)N[C@]5(C(=O)NS(=O)(=O)C6CC6)C[C@H]5/C=C\CC[C@H](C)C[C@@H](C)[C@H](N(C(=O)O)C5CC6C[C@H]6C5)C(=O)N4C3)nc(-c3ccccc3)cc2c1. The van der Waals surface area contributed by atoms with Gasteiger partial charge in [-0.15, -0.1) is 0 Å². The van der Waals surface area contributed by atoms with E-state index in [0.717, 1.165) is 23.8 Å². The molecule has 14 nitrogen and oxygen atoms in total. The first-order chi connectivity index (χ1) is 29.2. The maximum atomic E-state index is 15.4. The Kier molecular flexibility index (Phi) is 10.8.